The molecule has 2 rings (SSSR count). The molecule has 1 aliphatic heterocycles. The monoisotopic (exact) mass is 338 g/mol. The molecule has 0 aromatic heterocycles. The Morgan fingerprint density at radius 2 is 2.05 bits per heavy atom. The quantitative estimate of drug-likeness (QED) is 0.850. The van der Waals surface area contributed by atoms with Gasteiger partial charge in [0.1, 0.15) is 6.54 Å². The lowest BCUT2D eigenvalue weighted by Crippen LogP contribution is -2.41. The zero-order valence-electron chi connectivity index (χ0n) is 11.3. The fourth-order valence-electron chi connectivity index (χ4n) is 1.98. The Hall–Kier alpha value is -1.69. The molecule has 5 nitrogen and oxygen atoms in total. The number of nitrogens with zero attached hydrogens (tertiary/aromatic N) is 1. The van der Waals surface area contributed by atoms with E-state index in [1.54, 1.807) is 18.2 Å². The summed E-state index contributed by atoms with van der Waals surface area (Å²) in [5.41, 5.74) is 0.809. The fourth-order valence-corrected chi connectivity index (χ4v) is 2.51. The summed E-state index contributed by atoms with van der Waals surface area (Å²) in [5.74, 6) is -1.18. The van der Waals surface area contributed by atoms with Gasteiger partial charge in [-0.25, -0.2) is 0 Å². The number of rotatable bonds is 4. The van der Waals surface area contributed by atoms with Crippen LogP contribution in [0.3, 0.4) is 0 Å². The highest BCUT2D eigenvalue weighted by Gasteiger charge is 2.38. The Morgan fingerprint density at radius 1 is 1.35 bits per heavy atom. The average molecular weight is 339 g/mol. The van der Waals surface area contributed by atoms with Crippen molar-refractivity contribution in [2.24, 2.45) is 5.92 Å². The molecule has 106 valence electrons. The lowest BCUT2D eigenvalue weighted by Gasteiger charge is -2.16. The molecule has 1 N–H and O–H groups in total. The van der Waals surface area contributed by atoms with Crippen LogP contribution in [0, 0.1) is 5.92 Å². The van der Waals surface area contributed by atoms with Gasteiger partial charge in [-0.05, 0) is 34.0 Å². The second-order valence-electron chi connectivity index (χ2n) is 5.05. The van der Waals surface area contributed by atoms with Gasteiger partial charge in [-0.2, -0.15) is 0 Å². The van der Waals surface area contributed by atoms with Crippen molar-refractivity contribution in [3.05, 3.63) is 28.2 Å². The van der Waals surface area contributed by atoms with E-state index in [4.69, 9.17) is 0 Å². The molecule has 0 fully saturated rings. The molecule has 1 aromatic rings. The van der Waals surface area contributed by atoms with Crippen molar-refractivity contribution in [1.29, 1.82) is 0 Å². The third kappa shape index (κ3) is 2.75. The molecule has 20 heavy (non-hydrogen) atoms. The van der Waals surface area contributed by atoms with E-state index in [0.717, 1.165) is 0 Å². The van der Waals surface area contributed by atoms with Gasteiger partial charge in [0.25, 0.3) is 11.7 Å². The molecule has 2 amide bonds. The first-order valence-electron chi connectivity index (χ1n) is 6.33. The first kappa shape index (κ1) is 14.7. The van der Waals surface area contributed by atoms with Gasteiger partial charge in [-0.15, -0.1) is 0 Å². The molecule has 0 radical (unpaired) electrons. The van der Waals surface area contributed by atoms with Crippen LogP contribution in [0.15, 0.2) is 22.7 Å². The predicted octanol–water partition coefficient (Wildman–Crippen LogP) is 1.75. The molecule has 0 saturated heterocycles. The lowest BCUT2D eigenvalue weighted by atomic mass is 10.1. The molecule has 0 unspecified atom stereocenters. The average Bonchev–Trinajstić information content (AvgIpc) is 2.63. The largest absolute Gasteiger partial charge is 0.354 e. The van der Waals surface area contributed by atoms with Gasteiger partial charge in [-0.1, -0.05) is 19.9 Å². The van der Waals surface area contributed by atoms with Crippen molar-refractivity contribution in [2.45, 2.75) is 13.8 Å². The Labute approximate surface area is 125 Å². The normalized spacial score (nSPS) is 13.9. The maximum Gasteiger partial charge on any atom is 0.299 e. The van der Waals surface area contributed by atoms with Gasteiger partial charge in [0.2, 0.25) is 5.91 Å². The topological polar surface area (TPSA) is 66.5 Å². The minimum absolute atomic E-state index is 0.138. The van der Waals surface area contributed by atoms with E-state index in [-0.39, 0.29) is 12.5 Å². The number of anilines is 1. The number of Topliss-reactive ketones (excluding diaryl/α,β-unsaturated/α-hetero) is 1. The van der Waals surface area contributed by atoms with Crippen molar-refractivity contribution in [2.75, 3.05) is 18.0 Å². The molecule has 0 aliphatic carbocycles. The Balaban J connectivity index is 2.18. The molecule has 1 aromatic carbocycles. The van der Waals surface area contributed by atoms with Gasteiger partial charge >= 0.3 is 0 Å². The third-order valence-corrected chi connectivity index (χ3v) is 3.62. The second kappa shape index (κ2) is 5.75. The smallest absolute Gasteiger partial charge is 0.299 e. The first-order valence-corrected chi connectivity index (χ1v) is 7.12. The van der Waals surface area contributed by atoms with Crippen LogP contribution >= 0.6 is 15.9 Å². The Kier molecular flexibility index (Phi) is 4.23. The van der Waals surface area contributed by atoms with Crippen LogP contribution in [0.25, 0.3) is 0 Å². The number of hydrogen-bond donors (Lipinski definition) is 1. The van der Waals surface area contributed by atoms with E-state index in [1.807, 2.05) is 13.8 Å². The van der Waals surface area contributed by atoms with Crippen molar-refractivity contribution < 1.29 is 14.4 Å². The van der Waals surface area contributed by atoms with Crippen LogP contribution in [0.5, 0.6) is 0 Å². The third-order valence-electron chi connectivity index (χ3n) is 2.96. The van der Waals surface area contributed by atoms with E-state index < -0.39 is 11.7 Å². The number of hydrogen-bond acceptors (Lipinski definition) is 3. The molecular weight excluding hydrogens is 324 g/mol. The summed E-state index contributed by atoms with van der Waals surface area (Å²) >= 11 is 3.26. The van der Waals surface area contributed by atoms with Crippen molar-refractivity contribution in [3.63, 3.8) is 0 Å². The van der Waals surface area contributed by atoms with Crippen molar-refractivity contribution in [3.8, 4) is 0 Å². The zero-order valence-corrected chi connectivity index (χ0v) is 12.9. The van der Waals surface area contributed by atoms with Gasteiger partial charge in [0.15, 0.2) is 0 Å². The number of ketones is 1. The highest BCUT2D eigenvalue weighted by molar-refractivity contribution is 9.10. The summed E-state index contributed by atoms with van der Waals surface area (Å²) in [7, 11) is 0. The molecular formula is C14H15BrN2O3. The Bertz CT molecular complexity index is 584. The minimum atomic E-state index is -0.661. The number of carbonyl (C=O) groups excluding carboxylic acids is 3. The Morgan fingerprint density at radius 3 is 2.70 bits per heavy atom. The molecule has 1 aliphatic rings. The number of nitrogens with one attached hydrogen (secondary N) is 1. The van der Waals surface area contributed by atoms with Crippen LogP contribution in [-0.2, 0) is 9.59 Å². The van der Waals surface area contributed by atoms with Crippen molar-refractivity contribution in [1.82, 2.24) is 5.32 Å². The zero-order chi connectivity index (χ0) is 14.9. The minimum Gasteiger partial charge on any atom is -0.354 e. The molecule has 6 heteroatoms. The molecule has 1 heterocycles. The summed E-state index contributed by atoms with van der Waals surface area (Å²) in [6, 6.07) is 5.10. The lowest BCUT2D eigenvalue weighted by molar-refractivity contribution is -0.122. The summed E-state index contributed by atoms with van der Waals surface area (Å²) in [6.07, 6.45) is 0. The van der Waals surface area contributed by atoms with Gasteiger partial charge in [-0.3, -0.25) is 19.3 Å². The highest BCUT2D eigenvalue weighted by atomic mass is 79.9. The number of halogens is 1. The van der Waals surface area contributed by atoms with E-state index in [2.05, 4.69) is 21.2 Å². The van der Waals surface area contributed by atoms with E-state index >= 15 is 0 Å². The predicted molar refractivity (Wildman–Crippen MR) is 78.7 cm³/mol. The van der Waals surface area contributed by atoms with Gasteiger partial charge in [0, 0.05) is 11.0 Å². The number of benzene rings is 1. The van der Waals surface area contributed by atoms with Crippen LogP contribution in [0.1, 0.15) is 24.2 Å². The van der Waals surface area contributed by atoms with E-state index in [1.165, 1.54) is 4.90 Å². The molecule has 0 bridgehead atoms. The number of fused-ring (bicyclic) bond motifs is 1. The maximum atomic E-state index is 12.0. The summed E-state index contributed by atoms with van der Waals surface area (Å²) in [4.78, 5) is 36.9. The molecule has 0 saturated carbocycles. The standard InChI is InChI=1S/C14H15BrN2O3/c1-8(2)6-16-11(18)7-17-10-5-3-4-9(15)12(10)13(19)14(17)20/h3-5,8H,6-7H2,1-2H3,(H,16,18). The fraction of sp³-hybridized carbons (Fsp3) is 0.357. The van der Waals surface area contributed by atoms with Crippen LogP contribution in [0.2, 0.25) is 0 Å². The highest BCUT2D eigenvalue weighted by Crippen LogP contribution is 2.33. The van der Waals surface area contributed by atoms with Crippen LogP contribution in [0.4, 0.5) is 5.69 Å². The van der Waals surface area contributed by atoms with Crippen molar-refractivity contribution >= 4 is 39.2 Å². The van der Waals surface area contributed by atoms with Gasteiger partial charge < -0.3 is 5.32 Å². The second-order valence-corrected chi connectivity index (χ2v) is 5.91. The van der Waals surface area contributed by atoms with E-state index in [9.17, 15) is 14.4 Å². The number of carbonyl (C=O) groups is 3. The SMILES string of the molecule is CC(C)CNC(=O)CN1C(=O)C(=O)c2c(Br)cccc21. The number of amides is 2. The summed E-state index contributed by atoms with van der Waals surface area (Å²) in [5, 5.41) is 2.73. The van der Waals surface area contributed by atoms with Crippen LogP contribution < -0.4 is 10.2 Å². The van der Waals surface area contributed by atoms with Gasteiger partial charge in [0.05, 0.1) is 11.3 Å². The summed E-state index contributed by atoms with van der Waals surface area (Å²) < 4.78 is 0.568. The first-order chi connectivity index (χ1) is 9.41. The molecule has 0 atom stereocenters. The summed E-state index contributed by atoms with van der Waals surface area (Å²) in [6.45, 7) is 4.37. The van der Waals surface area contributed by atoms with Crippen LogP contribution in [-0.4, -0.2) is 30.7 Å². The maximum absolute atomic E-state index is 12.0. The van der Waals surface area contributed by atoms with E-state index in [0.29, 0.717) is 28.2 Å². The molecule has 0 spiro atoms.